The van der Waals surface area contributed by atoms with Crippen LogP contribution in [0.5, 0.6) is 0 Å². The third-order valence-corrected chi connectivity index (χ3v) is 2.75. The molecule has 7 heteroatoms. The average Bonchev–Trinajstić information content (AvgIpc) is 2.91. The number of carbonyl (C=O) groups excluding carboxylic acids is 1. The van der Waals surface area contributed by atoms with Crippen LogP contribution in [0.2, 0.25) is 0 Å². The number of rotatable bonds is 5. The molecule has 20 heavy (non-hydrogen) atoms. The van der Waals surface area contributed by atoms with Gasteiger partial charge in [0.2, 0.25) is 5.91 Å². The highest BCUT2D eigenvalue weighted by Gasteiger charge is 2.02. The van der Waals surface area contributed by atoms with E-state index in [0.717, 1.165) is 24.2 Å². The van der Waals surface area contributed by atoms with Crippen molar-refractivity contribution in [1.82, 2.24) is 15.4 Å². The molecule has 0 spiro atoms. The minimum atomic E-state index is -0.182. The summed E-state index contributed by atoms with van der Waals surface area (Å²) < 4.78 is 0. The first-order valence-electron chi connectivity index (χ1n) is 5.83. The molecule has 2 aromatic rings. The highest BCUT2D eigenvalue weighted by atomic mass is 35.5. The van der Waals surface area contributed by atoms with Crippen LogP contribution in [-0.4, -0.2) is 15.9 Å². The van der Waals surface area contributed by atoms with E-state index in [1.54, 1.807) is 6.20 Å². The molecule has 0 aliphatic carbocycles. The van der Waals surface area contributed by atoms with Crippen molar-refractivity contribution in [3.05, 3.63) is 53.6 Å². The fraction of sp³-hybridized carbons (Fsp3) is 0.231. The number of amides is 1. The Labute approximate surface area is 130 Å². The summed E-state index contributed by atoms with van der Waals surface area (Å²) in [5.74, 6) is 5.85. The van der Waals surface area contributed by atoms with Crippen LogP contribution in [0.15, 0.2) is 36.7 Å². The Kier molecular flexibility index (Phi) is 8.63. The number of hydrogen-bond acceptors (Lipinski definition) is 3. The van der Waals surface area contributed by atoms with E-state index in [0.29, 0.717) is 6.42 Å². The zero-order chi connectivity index (χ0) is 12.8. The van der Waals surface area contributed by atoms with Gasteiger partial charge in [-0.2, -0.15) is 0 Å². The van der Waals surface area contributed by atoms with Gasteiger partial charge in [-0.3, -0.25) is 10.2 Å². The Morgan fingerprint density at radius 1 is 1.15 bits per heavy atom. The van der Waals surface area contributed by atoms with Crippen LogP contribution in [-0.2, 0) is 24.1 Å². The minimum absolute atomic E-state index is 0. The first-order valence-corrected chi connectivity index (χ1v) is 5.83. The first-order chi connectivity index (χ1) is 8.78. The molecule has 0 aliphatic heterocycles. The van der Waals surface area contributed by atoms with Crippen LogP contribution in [0, 0.1) is 0 Å². The van der Waals surface area contributed by atoms with Crippen molar-refractivity contribution < 1.29 is 4.79 Å². The number of hydrogen-bond donors (Lipinski definition) is 3. The zero-order valence-corrected chi connectivity index (χ0v) is 12.5. The monoisotopic (exact) mass is 316 g/mol. The van der Waals surface area contributed by atoms with E-state index < -0.39 is 0 Å². The van der Waals surface area contributed by atoms with Crippen molar-refractivity contribution in [2.24, 2.45) is 5.84 Å². The number of benzene rings is 1. The topological polar surface area (TPSA) is 83.8 Å². The third kappa shape index (κ3) is 5.61. The summed E-state index contributed by atoms with van der Waals surface area (Å²) in [5, 5.41) is 0. The van der Waals surface area contributed by atoms with E-state index in [4.69, 9.17) is 5.84 Å². The number of hydrazine groups is 1. The normalized spacial score (nSPS) is 9.25. The molecule has 2 rings (SSSR count). The van der Waals surface area contributed by atoms with Crippen molar-refractivity contribution in [3.8, 4) is 0 Å². The SMILES string of the molecule is Cl.Cl.NNC(=O)Cc1ccc(CCc2ncc[nH]2)cc1. The van der Waals surface area contributed by atoms with Gasteiger partial charge in [0.1, 0.15) is 5.82 Å². The zero-order valence-electron chi connectivity index (χ0n) is 10.8. The summed E-state index contributed by atoms with van der Waals surface area (Å²) in [6, 6.07) is 7.96. The summed E-state index contributed by atoms with van der Waals surface area (Å²) in [4.78, 5) is 18.4. The van der Waals surface area contributed by atoms with Gasteiger partial charge in [-0.25, -0.2) is 10.8 Å². The van der Waals surface area contributed by atoms with Gasteiger partial charge < -0.3 is 4.98 Å². The number of aromatic nitrogens is 2. The molecular formula is C13H18Cl2N4O. The largest absolute Gasteiger partial charge is 0.349 e. The lowest BCUT2D eigenvalue weighted by Crippen LogP contribution is -2.31. The van der Waals surface area contributed by atoms with Gasteiger partial charge in [0.05, 0.1) is 6.42 Å². The van der Waals surface area contributed by atoms with Crippen molar-refractivity contribution in [1.29, 1.82) is 0 Å². The van der Waals surface area contributed by atoms with Crippen molar-refractivity contribution in [2.45, 2.75) is 19.3 Å². The highest BCUT2D eigenvalue weighted by molar-refractivity contribution is 5.85. The van der Waals surface area contributed by atoms with Crippen LogP contribution in [0.3, 0.4) is 0 Å². The Balaban J connectivity index is 0.00000180. The number of H-pyrrole nitrogens is 1. The number of aryl methyl sites for hydroxylation is 2. The average molecular weight is 317 g/mol. The van der Waals surface area contributed by atoms with E-state index >= 15 is 0 Å². The fourth-order valence-electron chi connectivity index (χ4n) is 1.76. The predicted molar refractivity (Wildman–Crippen MR) is 83.0 cm³/mol. The van der Waals surface area contributed by atoms with Gasteiger partial charge in [-0.15, -0.1) is 24.8 Å². The lowest BCUT2D eigenvalue weighted by Gasteiger charge is -2.03. The smallest absolute Gasteiger partial charge is 0.238 e. The van der Waals surface area contributed by atoms with E-state index in [1.807, 2.05) is 30.5 Å². The van der Waals surface area contributed by atoms with Gasteiger partial charge in [0, 0.05) is 18.8 Å². The first kappa shape index (κ1) is 18.4. The third-order valence-electron chi connectivity index (χ3n) is 2.75. The quantitative estimate of drug-likeness (QED) is 0.445. The van der Waals surface area contributed by atoms with Crippen LogP contribution >= 0.6 is 24.8 Å². The van der Waals surface area contributed by atoms with Crippen LogP contribution in [0.4, 0.5) is 0 Å². The van der Waals surface area contributed by atoms with Crippen molar-refractivity contribution >= 4 is 30.7 Å². The lowest BCUT2D eigenvalue weighted by molar-refractivity contribution is -0.120. The molecule has 0 bridgehead atoms. The number of nitrogens with one attached hydrogen (secondary N) is 2. The van der Waals surface area contributed by atoms with E-state index in [-0.39, 0.29) is 30.7 Å². The molecule has 0 radical (unpaired) electrons. The summed E-state index contributed by atoms with van der Waals surface area (Å²) in [7, 11) is 0. The summed E-state index contributed by atoms with van der Waals surface area (Å²) in [6.07, 6.45) is 5.70. The maximum absolute atomic E-state index is 11.1. The molecule has 0 unspecified atom stereocenters. The highest BCUT2D eigenvalue weighted by Crippen LogP contribution is 2.08. The lowest BCUT2D eigenvalue weighted by atomic mass is 10.1. The fourth-order valence-corrected chi connectivity index (χ4v) is 1.76. The number of nitrogens with zero attached hydrogens (tertiary/aromatic N) is 1. The Morgan fingerprint density at radius 3 is 2.35 bits per heavy atom. The Hall–Kier alpha value is -1.56. The number of halogens is 2. The van der Waals surface area contributed by atoms with Gasteiger partial charge >= 0.3 is 0 Å². The second-order valence-corrected chi connectivity index (χ2v) is 4.10. The molecule has 110 valence electrons. The van der Waals surface area contributed by atoms with Gasteiger partial charge in [-0.1, -0.05) is 24.3 Å². The summed E-state index contributed by atoms with van der Waals surface area (Å²) in [5.41, 5.74) is 4.30. The molecule has 0 saturated heterocycles. The van der Waals surface area contributed by atoms with Crippen LogP contribution in [0.25, 0.3) is 0 Å². The number of nitrogens with two attached hydrogens (primary N) is 1. The molecule has 1 aromatic heterocycles. The number of carbonyl (C=O) groups is 1. The second kappa shape index (κ2) is 9.36. The molecule has 0 aliphatic rings. The summed E-state index contributed by atoms with van der Waals surface area (Å²) in [6.45, 7) is 0. The molecule has 0 fully saturated rings. The standard InChI is InChI=1S/C13H16N4O.2ClH/c14-17-13(18)9-11-3-1-10(2-4-11)5-6-12-15-7-8-16-12;;/h1-4,7-8H,5-6,9,14H2,(H,15,16)(H,17,18);2*1H. The Morgan fingerprint density at radius 2 is 1.80 bits per heavy atom. The predicted octanol–water partition coefficient (Wildman–Crippen LogP) is 1.57. The number of imidazole rings is 1. The van der Waals surface area contributed by atoms with E-state index in [1.165, 1.54) is 5.56 Å². The minimum Gasteiger partial charge on any atom is -0.349 e. The van der Waals surface area contributed by atoms with Crippen LogP contribution in [0.1, 0.15) is 17.0 Å². The molecule has 1 heterocycles. The molecule has 4 N–H and O–H groups in total. The van der Waals surface area contributed by atoms with Crippen LogP contribution < -0.4 is 11.3 Å². The molecule has 0 atom stereocenters. The molecule has 1 aromatic carbocycles. The van der Waals surface area contributed by atoms with Gasteiger partial charge in [-0.05, 0) is 17.5 Å². The molecule has 0 saturated carbocycles. The summed E-state index contributed by atoms with van der Waals surface area (Å²) >= 11 is 0. The van der Waals surface area contributed by atoms with Crippen molar-refractivity contribution in [2.75, 3.05) is 0 Å². The van der Waals surface area contributed by atoms with Gasteiger partial charge in [0.15, 0.2) is 0 Å². The maximum Gasteiger partial charge on any atom is 0.238 e. The number of aromatic amines is 1. The molecule has 5 nitrogen and oxygen atoms in total. The van der Waals surface area contributed by atoms with E-state index in [9.17, 15) is 4.79 Å². The Bertz CT molecular complexity index is 500. The second-order valence-electron chi connectivity index (χ2n) is 4.10. The van der Waals surface area contributed by atoms with Gasteiger partial charge in [0.25, 0.3) is 0 Å². The van der Waals surface area contributed by atoms with E-state index in [2.05, 4.69) is 15.4 Å². The maximum atomic E-state index is 11.1. The molecular weight excluding hydrogens is 299 g/mol. The molecule has 1 amide bonds. The van der Waals surface area contributed by atoms with Crippen molar-refractivity contribution in [3.63, 3.8) is 0 Å².